The highest BCUT2D eigenvalue weighted by Crippen LogP contribution is 2.05. The van der Waals surface area contributed by atoms with E-state index >= 15 is 0 Å². The molecule has 0 amide bonds. The number of methoxy groups -OCH3 is 1. The number of Topliss-reactive ketones (excluding diaryl/α,β-unsaturated/α-hetero) is 1. The molecule has 0 fully saturated rings. The van der Waals surface area contributed by atoms with Crippen LogP contribution in [0.3, 0.4) is 0 Å². The molecule has 0 aliphatic heterocycles. The van der Waals surface area contributed by atoms with Crippen molar-refractivity contribution in [1.29, 1.82) is 0 Å². The second-order valence-electron chi connectivity index (χ2n) is 2.68. The summed E-state index contributed by atoms with van der Waals surface area (Å²) < 4.78 is 4.44. The van der Waals surface area contributed by atoms with Gasteiger partial charge in [-0.3, -0.25) is 9.59 Å². The fourth-order valence-corrected chi connectivity index (χ4v) is 0.904. The van der Waals surface area contributed by atoms with E-state index in [4.69, 9.17) is 0 Å². The molecule has 74 valence electrons. The van der Waals surface area contributed by atoms with Crippen LogP contribution in [-0.4, -0.2) is 28.8 Å². The number of carbonyl (C=O) groups excluding carboxylic acids is 2. The first-order valence-electron chi connectivity index (χ1n) is 4.06. The molecule has 1 aromatic rings. The molecule has 0 aliphatic carbocycles. The lowest BCUT2D eigenvalue weighted by Crippen LogP contribution is -2.23. The lowest BCUT2D eigenvalue weighted by atomic mass is 10.1. The average molecular weight is 194 g/mol. The van der Waals surface area contributed by atoms with Crippen molar-refractivity contribution in [1.82, 2.24) is 9.97 Å². The Morgan fingerprint density at radius 2 is 1.93 bits per heavy atom. The standard InChI is InChI=1S/C9H10N2O3/c1-6(9(13)14-2)7(12)8-10-4-3-5-11-8/h3-6H,1-2H3. The molecule has 0 aromatic carbocycles. The summed E-state index contributed by atoms with van der Waals surface area (Å²) in [5.74, 6) is -1.84. The highest BCUT2D eigenvalue weighted by Gasteiger charge is 2.25. The van der Waals surface area contributed by atoms with E-state index in [1.807, 2.05) is 0 Å². The predicted octanol–water partition coefficient (Wildman–Crippen LogP) is 0.468. The van der Waals surface area contributed by atoms with Gasteiger partial charge in [-0.1, -0.05) is 0 Å². The molecule has 1 rings (SSSR count). The van der Waals surface area contributed by atoms with Crippen molar-refractivity contribution in [2.24, 2.45) is 5.92 Å². The minimum Gasteiger partial charge on any atom is -0.468 e. The van der Waals surface area contributed by atoms with E-state index in [1.165, 1.54) is 26.4 Å². The number of aromatic nitrogens is 2. The predicted molar refractivity (Wildman–Crippen MR) is 47.5 cm³/mol. The van der Waals surface area contributed by atoms with Crippen LogP contribution in [-0.2, 0) is 9.53 Å². The monoisotopic (exact) mass is 194 g/mol. The van der Waals surface area contributed by atoms with Gasteiger partial charge >= 0.3 is 5.97 Å². The maximum Gasteiger partial charge on any atom is 0.316 e. The van der Waals surface area contributed by atoms with Gasteiger partial charge in [0.25, 0.3) is 0 Å². The first kappa shape index (κ1) is 10.3. The van der Waals surface area contributed by atoms with Gasteiger partial charge in [0.1, 0.15) is 5.92 Å². The Balaban J connectivity index is 2.81. The Bertz CT molecular complexity index is 337. The molecule has 0 spiro atoms. The van der Waals surface area contributed by atoms with Crippen molar-refractivity contribution >= 4 is 11.8 Å². The molecule has 0 radical (unpaired) electrons. The number of rotatable bonds is 3. The Kier molecular flexibility index (Phi) is 3.28. The Hall–Kier alpha value is -1.78. The third-order valence-corrected chi connectivity index (χ3v) is 1.73. The third kappa shape index (κ3) is 2.12. The Morgan fingerprint density at radius 1 is 1.36 bits per heavy atom. The molecular formula is C9H10N2O3. The van der Waals surface area contributed by atoms with E-state index in [1.54, 1.807) is 6.07 Å². The van der Waals surface area contributed by atoms with Gasteiger partial charge in [-0.15, -0.1) is 0 Å². The molecule has 14 heavy (non-hydrogen) atoms. The average Bonchev–Trinajstić information content (AvgIpc) is 2.27. The summed E-state index contributed by atoms with van der Waals surface area (Å²) in [6.07, 6.45) is 2.90. The summed E-state index contributed by atoms with van der Waals surface area (Å²) in [5.41, 5.74) is 0. The van der Waals surface area contributed by atoms with Crippen LogP contribution in [0.25, 0.3) is 0 Å². The smallest absolute Gasteiger partial charge is 0.316 e. The number of carbonyl (C=O) groups is 2. The van der Waals surface area contributed by atoms with Crippen molar-refractivity contribution in [2.75, 3.05) is 7.11 Å². The quantitative estimate of drug-likeness (QED) is 0.397. The molecule has 1 atom stereocenters. The normalized spacial score (nSPS) is 11.9. The van der Waals surface area contributed by atoms with Crippen molar-refractivity contribution in [3.63, 3.8) is 0 Å². The van der Waals surface area contributed by atoms with Crippen LogP contribution in [0.5, 0.6) is 0 Å². The second-order valence-corrected chi connectivity index (χ2v) is 2.68. The van der Waals surface area contributed by atoms with Crippen LogP contribution in [0.1, 0.15) is 17.5 Å². The number of esters is 1. The molecule has 5 heteroatoms. The van der Waals surface area contributed by atoms with E-state index in [0.29, 0.717) is 0 Å². The molecule has 5 nitrogen and oxygen atoms in total. The summed E-state index contributed by atoms with van der Waals surface area (Å²) in [4.78, 5) is 30.0. The van der Waals surface area contributed by atoms with Crippen LogP contribution in [0.2, 0.25) is 0 Å². The van der Waals surface area contributed by atoms with E-state index < -0.39 is 17.7 Å². The van der Waals surface area contributed by atoms with Crippen molar-refractivity contribution in [3.05, 3.63) is 24.3 Å². The first-order chi connectivity index (χ1) is 6.66. The lowest BCUT2D eigenvalue weighted by molar-refractivity contribution is -0.143. The molecule has 1 heterocycles. The van der Waals surface area contributed by atoms with Crippen LogP contribution in [0.15, 0.2) is 18.5 Å². The summed E-state index contributed by atoms with van der Waals surface area (Å²) >= 11 is 0. The number of ether oxygens (including phenoxy) is 1. The van der Waals surface area contributed by atoms with Crippen LogP contribution in [0, 0.1) is 5.92 Å². The van der Waals surface area contributed by atoms with Crippen LogP contribution >= 0.6 is 0 Å². The SMILES string of the molecule is COC(=O)C(C)C(=O)c1ncccn1. The highest BCUT2D eigenvalue weighted by atomic mass is 16.5. The minimum atomic E-state index is -0.859. The fourth-order valence-electron chi connectivity index (χ4n) is 0.904. The van der Waals surface area contributed by atoms with Gasteiger partial charge in [0.05, 0.1) is 7.11 Å². The zero-order valence-corrected chi connectivity index (χ0v) is 7.93. The van der Waals surface area contributed by atoms with Gasteiger partial charge in [0.15, 0.2) is 5.82 Å². The Morgan fingerprint density at radius 3 is 2.43 bits per heavy atom. The second kappa shape index (κ2) is 4.45. The van der Waals surface area contributed by atoms with E-state index in [-0.39, 0.29) is 5.82 Å². The van der Waals surface area contributed by atoms with Gasteiger partial charge in [-0.2, -0.15) is 0 Å². The van der Waals surface area contributed by atoms with E-state index in [9.17, 15) is 9.59 Å². The maximum absolute atomic E-state index is 11.5. The van der Waals surface area contributed by atoms with E-state index in [2.05, 4.69) is 14.7 Å². The summed E-state index contributed by atoms with van der Waals surface area (Å²) in [6.45, 7) is 1.46. The van der Waals surface area contributed by atoms with Gasteiger partial charge in [-0.05, 0) is 13.0 Å². The fraction of sp³-hybridized carbons (Fsp3) is 0.333. The number of ketones is 1. The number of nitrogens with zero attached hydrogens (tertiary/aromatic N) is 2. The number of hydrogen-bond acceptors (Lipinski definition) is 5. The van der Waals surface area contributed by atoms with Crippen molar-refractivity contribution < 1.29 is 14.3 Å². The van der Waals surface area contributed by atoms with Gasteiger partial charge < -0.3 is 4.74 Å². The Labute approximate surface area is 81.1 Å². The molecule has 1 aromatic heterocycles. The largest absolute Gasteiger partial charge is 0.468 e. The van der Waals surface area contributed by atoms with Crippen molar-refractivity contribution in [2.45, 2.75) is 6.92 Å². The zero-order valence-electron chi connectivity index (χ0n) is 7.93. The number of hydrogen-bond donors (Lipinski definition) is 0. The van der Waals surface area contributed by atoms with Gasteiger partial charge in [0, 0.05) is 12.4 Å². The zero-order chi connectivity index (χ0) is 10.6. The molecule has 0 aliphatic rings. The van der Waals surface area contributed by atoms with Crippen LogP contribution < -0.4 is 0 Å². The summed E-state index contributed by atoms with van der Waals surface area (Å²) in [7, 11) is 1.23. The summed E-state index contributed by atoms with van der Waals surface area (Å²) in [6, 6.07) is 1.60. The molecule has 1 unspecified atom stereocenters. The van der Waals surface area contributed by atoms with Crippen LogP contribution in [0.4, 0.5) is 0 Å². The lowest BCUT2D eigenvalue weighted by Gasteiger charge is -2.05. The molecule has 0 saturated heterocycles. The van der Waals surface area contributed by atoms with Gasteiger partial charge in [-0.25, -0.2) is 9.97 Å². The van der Waals surface area contributed by atoms with Gasteiger partial charge in [0.2, 0.25) is 5.78 Å². The highest BCUT2D eigenvalue weighted by molar-refractivity contribution is 6.06. The third-order valence-electron chi connectivity index (χ3n) is 1.73. The molecule has 0 N–H and O–H groups in total. The minimum absolute atomic E-state index is 0.0328. The topological polar surface area (TPSA) is 69.2 Å². The molecule has 0 saturated carbocycles. The first-order valence-corrected chi connectivity index (χ1v) is 4.06. The maximum atomic E-state index is 11.5. The molecule has 0 bridgehead atoms. The molecular weight excluding hydrogens is 184 g/mol. The van der Waals surface area contributed by atoms with Crippen molar-refractivity contribution in [3.8, 4) is 0 Å². The van der Waals surface area contributed by atoms with E-state index in [0.717, 1.165) is 0 Å². The summed E-state index contributed by atoms with van der Waals surface area (Å²) in [5, 5.41) is 0.